The maximum absolute atomic E-state index is 11.3. The molecule has 0 saturated heterocycles. The van der Waals surface area contributed by atoms with Gasteiger partial charge in [0.25, 0.3) is 0 Å². The Morgan fingerprint density at radius 2 is 2.35 bits per heavy atom. The first-order valence-electron chi connectivity index (χ1n) is 5.00. The second-order valence-corrected chi connectivity index (χ2v) is 3.19. The second kappa shape index (κ2) is 5.09. The van der Waals surface area contributed by atoms with Gasteiger partial charge in [-0.25, -0.2) is 19.4 Å². The standard InChI is InChI=1S/C11H10N4O2/c16-7-2-1-4-9-5-3-6-10(13-9)15-8-12-14-11(15)17/h3,5-6,8,16H,2,7H2,(H,14,17). The molecule has 2 N–H and O–H groups in total. The van der Waals surface area contributed by atoms with E-state index in [1.165, 1.54) is 10.9 Å². The normalized spacial score (nSPS) is 9.71. The summed E-state index contributed by atoms with van der Waals surface area (Å²) in [6, 6.07) is 5.18. The Hall–Kier alpha value is -2.39. The van der Waals surface area contributed by atoms with Gasteiger partial charge in [-0.05, 0) is 18.1 Å². The minimum absolute atomic E-state index is 0.0217. The molecule has 0 spiro atoms. The summed E-state index contributed by atoms with van der Waals surface area (Å²) in [6.45, 7) is 0.0217. The molecule has 0 unspecified atom stereocenters. The van der Waals surface area contributed by atoms with E-state index < -0.39 is 0 Å². The first-order chi connectivity index (χ1) is 8.31. The fourth-order valence-electron chi connectivity index (χ4n) is 1.25. The van der Waals surface area contributed by atoms with Gasteiger partial charge in [-0.1, -0.05) is 12.0 Å². The molecule has 2 rings (SSSR count). The molecular formula is C11H10N4O2. The van der Waals surface area contributed by atoms with Crippen LogP contribution < -0.4 is 5.69 Å². The molecule has 0 fully saturated rings. The summed E-state index contributed by atoms with van der Waals surface area (Å²) < 4.78 is 1.29. The summed E-state index contributed by atoms with van der Waals surface area (Å²) in [7, 11) is 0. The van der Waals surface area contributed by atoms with E-state index in [4.69, 9.17) is 5.11 Å². The van der Waals surface area contributed by atoms with Crippen LogP contribution in [0.3, 0.4) is 0 Å². The lowest BCUT2D eigenvalue weighted by Crippen LogP contribution is -2.15. The Labute approximate surface area is 96.9 Å². The summed E-state index contributed by atoms with van der Waals surface area (Å²) in [5, 5.41) is 14.5. The van der Waals surface area contributed by atoms with Crippen LogP contribution in [0.25, 0.3) is 5.82 Å². The molecule has 6 nitrogen and oxygen atoms in total. The van der Waals surface area contributed by atoms with Crippen molar-refractivity contribution in [2.24, 2.45) is 0 Å². The number of pyridine rings is 1. The average molecular weight is 230 g/mol. The van der Waals surface area contributed by atoms with E-state index >= 15 is 0 Å². The molecule has 2 aromatic rings. The van der Waals surface area contributed by atoms with Crippen molar-refractivity contribution in [2.75, 3.05) is 6.61 Å². The molecule has 0 radical (unpaired) electrons. The number of nitrogens with zero attached hydrogens (tertiary/aromatic N) is 3. The van der Waals surface area contributed by atoms with Crippen molar-refractivity contribution in [1.82, 2.24) is 19.7 Å². The zero-order valence-corrected chi connectivity index (χ0v) is 8.92. The second-order valence-electron chi connectivity index (χ2n) is 3.19. The number of aliphatic hydroxyl groups excluding tert-OH is 1. The van der Waals surface area contributed by atoms with Gasteiger partial charge < -0.3 is 5.11 Å². The van der Waals surface area contributed by atoms with Gasteiger partial charge in [-0.3, -0.25) is 0 Å². The topological polar surface area (TPSA) is 83.8 Å². The van der Waals surface area contributed by atoms with Crippen LogP contribution in [0.15, 0.2) is 29.3 Å². The minimum Gasteiger partial charge on any atom is -0.395 e. The van der Waals surface area contributed by atoms with Crippen LogP contribution in [0.5, 0.6) is 0 Å². The van der Waals surface area contributed by atoms with Gasteiger partial charge in [0.2, 0.25) is 0 Å². The van der Waals surface area contributed by atoms with Gasteiger partial charge in [0.15, 0.2) is 0 Å². The van der Waals surface area contributed by atoms with Gasteiger partial charge in [0, 0.05) is 6.42 Å². The summed E-state index contributed by atoms with van der Waals surface area (Å²) in [4.78, 5) is 15.5. The number of aliphatic hydroxyl groups is 1. The van der Waals surface area contributed by atoms with Crippen molar-refractivity contribution in [1.29, 1.82) is 0 Å². The number of H-pyrrole nitrogens is 1. The number of nitrogens with one attached hydrogen (secondary N) is 1. The van der Waals surface area contributed by atoms with Gasteiger partial charge in [0.1, 0.15) is 17.8 Å². The van der Waals surface area contributed by atoms with Crippen LogP contribution in [0.4, 0.5) is 0 Å². The van der Waals surface area contributed by atoms with Crippen LogP contribution in [0.1, 0.15) is 12.1 Å². The Morgan fingerprint density at radius 1 is 1.47 bits per heavy atom. The molecule has 0 bridgehead atoms. The maximum Gasteiger partial charge on any atom is 0.348 e. The van der Waals surface area contributed by atoms with E-state index in [0.717, 1.165) is 0 Å². The third-order valence-corrected chi connectivity index (χ3v) is 1.99. The summed E-state index contributed by atoms with van der Waals surface area (Å²) in [5.74, 6) is 6.02. The van der Waals surface area contributed by atoms with Crippen LogP contribution >= 0.6 is 0 Å². The summed E-state index contributed by atoms with van der Waals surface area (Å²) in [6.07, 6.45) is 1.76. The number of hydrogen-bond donors (Lipinski definition) is 2. The Morgan fingerprint density at radius 3 is 3.06 bits per heavy atom. The predicted octanol–water partition coefficient (Wildman–Crippen LogP) is -0.311. The van der Waals surface area contributed by atoms with E-state index in [0.29, 0.717) is 17.9 Å². The Balaban J connectivity index is 2.33. The highest BCUT2D eigenvalue weighted by atomic mass is 16.2. The van der Waals surface area contributed by atoms with Crippen LogP contribution in [-0.4, -0.2) is 31.5 Å². The van der Waals surface area contributed by atoms with E-state index in [9.17, 15) is 4.79 Å². The third-order valence-electron chi connectivity index (χ3n) is 1.99. The Bertz CT molecular complexity index is 618. The molecule has 2 aromatic heterocycles. The van der Waals surface area contributed by atoms with Crippen molar-refractivity contribution < 1.29 is 5.11 Å². The van der Waals surface area contributed by atoms with Gasteiger partial charge in [-0.2, -0.15) is 5.10 Å². The third kappa shape index (κ3) is 2.59. The largest absolute Gasteiger partial charge is 0.395 e. The van der Waals surface area contributed by atoms with E-state index in [2.05, 4.69) is 27.0 Å². The molecular weight excluding hydrogens is 220 g/mol. The zero-order chi connectivity index (χ0) is 12.1. The highest BCUT2D eigenvalue weighted by Gasteiger charge is 2.01. The lowest BCUT2D eigenvalue weighted by molar-refractivity contribution is 0.305. The van der Waals surface area contributed by atoms with E-state index in [1.807, 2.05) is 0 Å². The highest BCUT2D eigenvalue weighted by Crippen LogP contribution is 2.01. The fourth-order valence-corrected chi connectivity index (χ4v) is 1.25. The van der Waals surface area contributed by atoms with Crippen LogP contribution in [0.2, 0.25) is 0 Å². The number of hydrogen-bond acceptors (Lipinski definition) is 4. The number of aromatic amines is 1. The first-order valence-corrected chi connectivity index (χ1v) is 5.00. The average Bonchev–Trinajstić information content (AvgIpc) is 2.76. The molecule has 86 valence electrons. The van der Waals surface area contributed by atoms with Crippen molar-refractivity contribution in [3.8, 4) is 17.7 Å². The monoisotopic (exact) mass is 230 g/mol. The summed E-state index contributed by atoms with van der Waals surface area (Å²) in [5.41, 5.74) is 0.196. The van der Waals surface area contributed by atoms with Crippen LogP contribution in [-0.2, 0) is 0 Å². The molecule has 0 amide bonds. The highest BCUT2D eigenvalue weighted by molar-refractivity contribution is 5.33. The number of aromatic nitrogens is 4. The smallest absolute Gasteiger partial charge is 0.348 e. The lowest BCUT2D eigenvalue weighted by atomic mass is 10.3. The molecule has 0 aromatic carbocycles. The maximum atomic E-state index is 11.3. The molecule has 0 aliphatic carbocycles. The molecule has 2 heterocycles. The quantitative estimate of drug-likeness (QED) is 0.693. The zero-order valence-electron chi connectivity index (χ0n) is 8.92. The molecule has 0 aliphatic heterocycles. The van der Waals surface area contributed by atoms with Gasteiger partial charge in [0.05, 0.1) is 6.61 Å². The van der Waals surface area contributed by atoms with Crippen molar-refractivity contribution in [2.45, 2.75) is 6.42 Å². The van der Waals surface area contributed by atoms with Crippen molar-refractivity contribution >= 4 is 0 Å². The minimum atomic E-state index is -0.349. The molecule has 0 aliphatic rings. The molecule has 0 saturated carbocycles. The van der Waals surface area contributed by atoms with Gasteiger partial charge >= 0.3 is 5.69 Å². The molecule has 6 heteroatoms. The van der Waals surface area contributed by atoms with E-state index in [1.54, 1.807) is 18.2 Å². The lowest BCUT2D eigenvalue weighted by Gasteiger charge is -1.98. The fraction of sp³-hybridized carbons (Fsp3) is 0.182. The van der Waals surface area contributed by atoms with Crippen molar-refractivity contribution in [3.05, 3.63) is 40.7 Å². The first kappa shape index (κ1) is 11.1. The SMILES string of the molecule is O=c1[nH]ncn1-c1cccc(C#CCCO)n1. The van der Waals surface area contributed by atoms with Gasteiger partial charge in [-0.15, -0.1) is 0 Å². The molecule has 17 heavy (non-hydrogen) atoms. The Kier molecular flexibility index (Phi) is 3.33. The van der Waals surface area contributed by atoms with Crippen molar-refractivity contribution in [3.63, 3.8) is 0 Å². The summed E-state index contributed by atoms with van der Waals surface area (Å²) >= 11 is 0. The molecule has 0 atom stereocenters. The van der Waals surface area contributed by atoms with E-state index in [-0.39, 0.29) is 12.3 Å². The predicted molar refractivity (Wildman–Crippen MR) is 60.6 cm³/mol. The number of rotatable bonds is 2. The van der Waals surface area contributed by atoms with Crippen LogP contribution in [0, 0.1) is 11.8 Å².